The number of ether oxygens (including phenoxy) is 2. The molecule has 0 bridgehead atoms. The normalized spacial score (nSPS) is 13.7. The maximum absolute atomic E-state index is 12.8. The number of aryl methyl sites for hydroxylation is 2. The Bertz CT molecular complexity index is 752. The zero-order valence-electron chi connectivity index (χ0n) is 13.9. The Balaban J connectivity index is 1.86. The monoisotopic (exact) mass is 315 g/mol. The summed E-state index contributed by atoms with van der Waals surface area (Å²) < 4.78 is 12.4. The summed E-state index contributed by atoms with van der Waals surface area (Å²) in [7, 11) is 5.07. The van der Waals surface area contributed by atoms with Crippen molar-refractivity contribution in [2.75, 3.05) is 20.8 Å². The Morgan fingerprint density at radius 3 is 2.65 bits per heavy atom. The summed E-state index contributed by atoms with van der Waals surface area (Å²) >= 11 is 0. The molecule has 1 aromatic heterocycles. The number of aromatic nitrogens is 2. The van der Waals surface area contributed by atoms with Crippen molar-refractivity contribution < 1.29 is 14.3 Å². The van der Waals surface area contributed by atoms with Crippen molar-refractivity contribution in [1.82, 2.24) is 14.7 Å². The van der Waals surface area contributed by atoms with Gasteiger partial charge in [0.15, 0.2) is 11.5 Å². The van der Waals surface area contributed by atoms with E-state index in [1.54, 1.807) is 32.4 Å². The minimum absolute atomic E-state index is 0.00421. The Morgan fingerprint density at radius 1 is 1.22 bits per heavy atom. The number of benzene rings is 1. The summed E-state index contributed by atoms with van der Waals surface area (Å²) in [5, 5.41) is 4.45. The van der Waals surface area contributed by atoms with Gasteiger partial charge in [-0.15, -0.1) is 0 Å². The van der Waals surface area contributed by atoms with E-state index in [9.17, 15) is 4.79 Å². The van der Waals surface area contributed by atoms with Gasteiger partial charge in [0.1, 0.15) is 0 Å². The first kappa shape index (κ1) is 15.4. The van der Waals surface area contributed by atoms with Crippen molar-refractivity contribution in [2.45, 2.75) is 19.9 Å². The van der Waals surface area contributed by atoms with Crippen LogP contribution in [-0.2, 0) is 20.0 Å². The van der Waals surface area contributed by atoms with Crippen LogP contribution in [0.2, 0.25) is 0 Å². The Kier molecular flexibility index (Phi) is 3.98. The average Bonchev–Trinajstić information content (AvgIpc) is 2.87. The highest BCUT2D eigenvalue weighted by molar-refractivity contribution is 5.95. The van der Waals surface area contributed by atoms with E-state index in [0.717, 1.165) is 17.8 Å². The molecule has 0 spiro atoms. The van der Waals surface area contributed by atoms with Gasteiger partial charge in [-0.3, -0.25) is 9.48 Å². The molecule has 2 aromatic rings. The van der Waals surface area contributed by atoms with Crippen molar-refractivity contribution >= 4 is 5.91 Å². The first-order valence-corrected chi connectivity index (χ1v) is 7.57. The third-order valence-corrected chi connectivity index (χ3v) is 4.37. The lowest BCUT2D eigenvalue weighted by Crippen LogP contribution is -2.36. The van der Waals surface area contributed by atoms with Gasteiger partial charge in [-0.25, -0.2) is 0 Å². The summed E-state index contributed by atoms with van der Waals surface area (Å²) in [4.78, 5) is 14.6. The molecule has 23 heavy (non-hydrogen) atoms. The molecule has 1 aliphatic rings. The predicted octanol–water partition coefficient (Wildman–Crippen LogP) is 1.94. The molecule has 6 heteroatoms. The largest absolute Gasteiger partial charge is 0.493 e. The second-order valence-electron chi connectivity index (χ2n) is 5.68. The molecule has 0 unspecified atom stereocenters. The smallest absolute Gasteiger partial charge is 0.254 e. The molecule has 2 heterocycles. The van der Waals surface area contributed by atoms with E-state index in [4.69, 9.17) is 9.47 Å². The third kappa shape index (κ3) is 2.65. The minimum Gasteiger partial charge on any atom is -0.493 e. The quantitative estimate of drug-likeness (QED) is 0.868. The molecule has 1 aromatic carbocycles. The van der Waals surface area contributed by atoms with Crippen LogP contribution >= 0.6 is 0 Å². The number of nitrogens with zero attached hydrogens (tertiary/aromatic N) is 3. The molecule has 122 valence electrons. The van der Waals surface area contributed by atoms with E-state index in [0.29, 0.717) is 30.2 Å². The molecule has 0 fully saturated rings. The van der Waals surface area contributed by atoms with Crippen LogP contribution in [-0.4, -0.2) is 41.4 Å². The number of hydrogen-bond acceptors (Lipinski definition) is 4. The Labute approximate surface area is 135 Å². The lowest BCUT2D eigenvalue weighted by Gasteiger charge is -2.28. The van der Waals surface area contributed by atoms with Crippen molar-refractivity contribution in [3.8, 4) is 11.5 Å². The SMILES string of the molecule is COc1ccc(C(=O)N2CCc3c(C)nn(C)c3C2)cc1OC. The lowest BCUT2D eigenvalue weighted by atomic mass is 10.0. The van der Waals surface area contributed by atoms with E-state index >= 15 is 0 Å². The highest BCUT2D eigenvalue weighted by Gasteiger charge is 2.26. The van der Waals surface area contributed by atoms with Gasteiger partial charge < -0.3 is 14.4 Å². The fourth-order valence-corrected chi connectivity index (χ4v) is 3.10. The minimum atomic E-state index is -0.00421. The molecule has 3 rings (SSSR count). The summed E-state index contributed by atoms with van der Waals surface area (Å²) in [5.41, 5.74) is 4.04. The van der Waals surface area contributed by atoms with Gasteiger partial charge >= 0.3 is 0 Å². The molecule has 0 saturated heterocycles. The van der Waals surface area contributed by atoms with E-state index in [1.165, 1.54) is 5.56 Å². The van der Waals surface area contributed by atoms with Crippen molar-refractivity contribution in [2.24, 2.45) is 7.05 Å². The van der Waals surface area contributed by atoms with Crippen LogP contribution in [0.25, 0.3) is 0 Å². The van der Waals surface area contributed by atoms with Crippen LogP contribution in [0.3, 0.4) is 0 Å². The number of rotatable bonds is 3. The zero-order chi connectivity index (χ0) is 16.6. The van der Waals surface area contributed by atoms with Gasteiger partial charge in [-0.2, -0.15) is 5.10 Å². The maximum atomic E-state index is 12.8. The highest BCUT2D eigenvalue weighted by atomic mass is 16.5. The van der Waals surface area contributed by atoms with E-state index < -0.39 is 0 Å². The van der Waals surface area contributed by atoms with E-state index in [-0.39, 0.29) is 5.91 Å². The molecule has 0 atom stereocenters. The van der Waals surface area contributed by atoms with Gasteiger partial charge in [-0.1, -0.05) is 0 Å². The number of methoxy groups -OCH3 is 2. The average molecular weight is 315 g/mol. The van der Waals surface area contributed by atoms with Gasteiger partial charge in [0.2, 0.25) is 0 Å². The Morgan fingerprint density at radius 2 is 1.96 bits per heavy atom. The van der Waals surface area contributed by atoms with Gasteiger partial charge in [0, 0.05) is 19.2 Å². The van der Waals surface area contributed by atoms with Crippen molar-refractivity contribution in [3.05, 3.63) is 40.7 Å². The van der Waals surface area contributed by atoms with Crippen LogP contribution in [0.15, 0.2) is 18.2 Å². The van der Waals surface area contributed by atoms with Crippen LogP contribution in [0, 0.1) is 6.92 Å². The van der Waals surface area contributed by atoms with E-state index in [1.807, 2.05) is 23.6 Å². The second-order valence-corrected chi connectivity index (χ2v) is 5.68. The molecular formula is C17H21N3O3. The first-order valence-electron chi connectivity index (χ1n) is 7.57. The summed E-state index contributed by atoms with van der Waals surface area (Å²) in [6.07, 6.45) is 0.841. The van der Waals surface area contributed by atoms with E-state index in [2.05, 4.69) is 5.10 Å². The van der Waals surface area contributed by atoms with Gasteiger partial charge in [-0.05, 0) is 37.1 Å². The Hall–Kier alpha value is -2.50. The van der Waals surface area contributed by atoms with Crippen molar-refractivity contribution in [1.29, 1.82) is 0 Å². The molecule has 1 aliphatic heterocycles. The molecular weight excluding hydrogens is 294 g/mol. The molecule has 1 amide bonds. The van der Waals surface area contributed by atoms with Crippen LogP contribution in [0.4, 0.5) is 0 Å². The number of fused-ring (bicyclic) bond motifs is 1. The molecule has 0 N–H and O–H groups in total. The van der Waals surface area contributed by atoms with Gasteiger partial charge in [0.25, 0.3) is 5.91 Å². The number of hydrogen-bond donors (Lipinski definition) is 0. The van der Waals surface area contributed by atoms with Crippen LogP contribution in [0.1, 0.15) is 27.3 Å². The molecule has 0 aliphatic carbocycles. The summed E-state index contributed by atoms with van der Waals surface area (Å²) in [6.45, 7) is 3.30. The zero-order valence-corrected chi connectivity index (χ0v) is 13.9. The van der Waals surface area contributed by atoms with Crippen molar-refractivity contribution in [3.63, 3.8) is 0 Å². The fraction of sp³-hybridized carbons (Fsp3) is 0.412. The lowest BCUT2D eigenvalue weighted by molar-refractivity contribution is 0.0730. The van der Waals surface area contributed by atoms with Gasteiger partial charge in [0.05, 0.1) is 32.2 Å². The fourth-order valence-electron chi connectivity index (χ4n) is 3.10. The maximum Gasteiger partial charge on any atom is 0.254 e. The third-order valence-electron chi connectivity index (χ3n) is 4.37. The first-order chi connectivity index (χ1) is 11.0. The number of carbonyl (C=O) groups excluding carboxylic acids is 1. The molecule has 6 nitrogen and oxygen atoms in total. The molecule has 0 saturated carbocycles. The standard InChI is InChI=1S/C17H21N3O3/c1-11-13-7-8-20(10-14(13)19(2)18-11)17(21)12-5-6-15(22-3)16(9-12)23-4/h5-6,9H,7-8,10H2,1-4H3. The second kappa shape index (κ2) is 5.95. The predicted molar refractivity (Wildman–Crippen MR) is 85.9 cm³/mol. The van der Waals surface area contributed by atoms with Crippen LogP contribution < -0.4 is 9.47 Å². The summed E-state index contributed by atoms with van der Waals surface area (Å²) in [6, 6.07) is 5.26. The molecule has 0 radical (unpaired) electrons. The number of amides is 1. The highest BCUT2D eigenvalue weighted by Crippen LogP contribution is 2.29. The summed E-state index contributed by atoms with van der Waals surface area (Å²) in [5.74, 6) is 1.18. The number of carbonyl (C=O) groups is 1. The van der Waals surface area contributed by atoms with Crippen LogP contribution in [0.5, 0.6) is 11.5 Å². The topological polar surface area (TPSA) is 56.6 Å².